The Hall–Kier alpha value is -2.06. The first-order valence-electron chi connectivity index (χ1n) is 7.35. The number of nitrogens with zero attached hydrogens (tertiary/aromatic N) is 4. The molecule has 2 aromatic rings. The van der Waals surface area contributed by atoms with Crippen molar-refractivity contribution in [1.29, 1.82) is 0 Å². The molecule has 2 rings (SSSR count). The normalized spacial score (nSPS) is 10.8. The molecule has 0 spiro atoms. The second kappa shape index (κ2) is 7.23. The van der Waals surface area contributed by atoms with Crippen LogP contribution in [0.25, 0.3) is 0 Å². The number of halogens is 2. The molecule has 2 heterocycles. The summed E-state index contributed by atoms with van der Waals surface area (Å²) in [7, 11) is 3.21. The van der Waals surface area contributed by atoms with E-state index in [1.54, 1.807) is 14.1 Å². The molecule has 0 fully saturated rings. The molecule has 8 nitrogen and oxygen atoms in total. The molecule has 0 saturated heterocycles. The van der Waals surface area contributed by atoms with E-state index in [1.807, 2.05) is 13.8 Å². The van der Waals surface area contributed by atoms with E-state index in [4.69, 9.17) is 23.2 Å². The van der Waals surface area contributed by atoms with Crippen LogP contribution >= 0.6 is 23.2 Å². The minimum absolute atomic E-state index is 0.166. The van der Waals surface area contributed by atoms with Gasteiger partial charge < -0.3 is 0 Å². The highest BCUT2D eigenvalue weighted by Crippen LogP contribution is 2.21. The number of nitrogens with one attached hydrogen (secondary N) is 2. The summed E-state index contributed by atoms with van der Waals surface area (Å²) in [6.45, 7) is 3.76. The minimum Gasteiger partial charge on any atom is -0.266 e. The quantitative estimate of drug-likeness (QED) is 0.797. The highest BCUT2D eigenvalue weighted by Gasteiger charge is 2.23. The monoisotopic (exact) mass is 372 g/mol. The van der Waals surface area contributed by atoms with Crippen LogP contribution in [0.1, 0.15) is 46.2 Å². The molecule has 0 saturated carbocycles. The Balaban J connectivity index is 2.14. The van der Waals surface area contributed by atoms with Crippen LogP contribution < -0.4 is 10.9 Å². The summed E-state index contributed by atoms with van der Waals surface area (Å²) >= 11 is 12.3. The second-order valence-corrected chi connectivity index (χ2v) is 5.84. The third-order valence-electron chi connectivity index (χ3n) is 3.50. The average molecular weight is 373 g/mol. The Kier molecular flexibility index (Phi) is 5.51. The molecule has 0 aromatic carbocycles. The highest BCUT2D eigenvalue weighted by molar-refractivity contribution is 6.35. The lowest BCUT2D eigenvalue weighted by Crippen LogP contribution is -2.43. The van der Waals surface area contributed by atoms with E-state index in [9.17, 15) is 9.59 Å². The molecular formula is C14H18Cl2N6O2. The summed E-state index contributed by atoms with van der Waals surface area (Å²) in [6, 6.07) is 0. The number of rotatable bonds is 4. The van der Waals surface area contributed by atoms with Gasteiger partial charge in [0.1, 0.15) is 11.4 Å². The summed E-state index contributed by atoms with van der Waals surface area (Å²) in [5.74, 6) is -1.14. The maximum atomic E-state index is 12.3. The minimum atomic E-state index is -0.572. The molecule has 2 N–H and O–H groups in total. The van der Waals surface area contributed by atoms with Crippen molar-refractivity contribution < 1.29 is 9.59 Å². The second-order valence-electron chi connectivity index (χ2n) is 5.08. The maximum absolute atomic E-state index is 12.3. The predicted octanol–water partition coefficient (Wildman–Crippen LogP) is 1.66. The molecule has 24 heavy (non-hydrogen) atoms. The van der Waals surface area contributed by atoms with E-state index in [0.29, 0.717) is 24.2 Å². The van der Waals surface area contributed by atoms with E-state index < -0.39 is 11.8 Å². The van der Waals surface area contributed by atoms with Gasteiger partial charge in [0.25, 0.3) is 11.8 Å². The lowest BCUT2D eigenvalue weighted by molar-refractivity contribution is 0.0836. The number of carbonyl (C=O) groups is 2. The van der Waals surface area contributed by atoms with Gasteiger partial charge in [-0.3, -0.25) is 29.8 Å². The molecule has 0 bridgehead atoms. The summed E-state index contributed by atoms with van der Waals surface area (Å²) < 4.78 is 2.74. The molecule has 0 atom stereocenters. The number of aromatic nitrogens is 4. The van der Waals surface area contributed by atoms with Crippen LogP contribution in [0.15, 0.2) is 0 Å². The summed E-state index contributed by atoms with van der Waals surface area (Å²) in [6.07, 6.45) is 1.19. The fourth-order valence-corrected chi connectivity index (χ4v) is 3.04. The summed E-state index contributed by atoms with van der Waals surface area (Å²) in [4.78, 5) is 24.5. The van der Waals surface area contributed by atoms with Crippen molar-refractivity contribution in [1.82, 2.24) is 30.4 Å². The van der Waals surface area contributed by atoms with Crippen LogP contribution in [-0.2, 0) is 26.9 Å². The standard InChI is InChI=1S/C14H18Cl2N6O2/c1-5-7-9(15)11(21(3)19-7)13(23)17-18-14(24)12-10(16)8(6-2)20-22(12)4/h5-6H2,1-4H3,(H,17,23)(H,18,24). The third kappa shape index (κ3) is 3.25. The zero-order chi connectivity index (χ0) is 18.0. The zero-order valence-electron chi connectivity index (χ0n) is 13.8. The van der Waals surface area contributed by atoms with E-state index in [2.05, 4.69) is 21.0 Å². The lowest BCUT2D eigenvalue weighted by Gasteiger charge is -2.08. The zero-order valence-corrected chi connectivity index (χ0v) is 15.3. The number of hydrogen-bond donors (Lipinski definition) is 2. The van der Waals surface area contributed by atoms with Gasteiger partial charge in [-0.05, 0) is 12.8 Å². The molecule has 0 aliphatic carbocycles. The van der Waals surface area contributed by atoms with Crippen LogP contribution in [0.3, 0.4) is 0 Å². The van der Waals surface area contributed by atoms with E-state index in [-0.39, 0.29) is 21.4 Å². The molecule has 130 valence electrons. The summed E-state index contributed by atoms with van der Waals surface area (Å²) in [5, 5.41) is 8.83. The van der Waals surface area contributed by atoms with Crippen LogP contribution in [0, 0.1) is 0 Å². The van der Waals surface area contributed by atoms with Crippen molar-refractivity contribution in [3.8, 4) is 0 Å². The Labute approximate surface area is 149 Å². The lowest BCUT2D eigenvalue weighted by atomic mass is 10.3. The number of amides is 2. The van der Waals surface area contributed by atoms with Gasteiger partial charge in [0, 0.05) is 14.1 Å². The van der Waals surface area contributed by atoms with Crippen LogP contribution in [0.5, 0.6) is 0 Å². The molecule has 0 aliphatic rings. The number of carbonyl (C=O) groups excluding carboxylic acids is 2. The fraction of sp³-hybridized carbons (Fsp3) is 0.429. The van der Waals surface area contributed by atoms with Gasteiger partial charge in [-0.2, -0.15) is 10.2 Å². The van der Waals surface area contributed by atoms with Crippen molar-refractivity contribution in [3.05, 3.63) is 32.8 Å². The Morgan fingerprint density at radius 3 is 1.46 bits per heavy atom. The van der Waals surface area contributed by atoms with Crippen molar-refractivity contribution in [2.75, 3.05) is 0 Å². The first kappa shape index (κ1) is 18.3. The van der Waals surface area contributed by atoms with Crippen LogP contribution in [0.2, 0.25) is 10.0 Å². The van der Waals surface area contributed by atoms with E-state index in [1.165, 1.54) is 9.36 Å². The fourth-order valence-electron chi connectivity index (χ4n) is 2.28. The Morgan fingerprint density at radius 2 is 1.21 bits per heavy atom. The first-order chi connectivity index (χ1) is 11.3. The van der Waals surface area contributed by atoms with Gasteiger partial charge in [0.15, 0.2) is 0 Å². The SMILES string of the molecule is CCc1nn(C)c(C(=O)NNC(=O)c2c(Cl)c(CC)nn2C)c1Cl. The third-order valence-corrected chi connectivity index (χ3v) is 4.29. The first-order valence-corrected chi connectivity index (χ1v) is 8.10. The van der Waals surface area contributed by atoms with Crippen molar-refractivity contribution in [3.63, 3.8) is 0 Å². The van der Waals surface area contributed by atoms with Gasteiger partial charge in [-0.15, -0.1) is 0 Å². The highest BCUT2D eigenvalue weighted by atomic mass is 35.5. The molecular weight excluding hydrogens is 355 g/mol. The van der Waals surface area contributed by atoms with Gasteiger partial charge in [0.2, 0.25) is 0 Å². The Bertz CT molecular complexity index is 730. The maximum Gasteiger partial charge on any atom is 0.289 e. The largest absolute Gasteiger partial charge is 0.289 e. The summed E-state index contributed by atoms with van der Waals surface area (Å²) in [5.41, 5.74) is 6.18. The molecule has 2 amide bonds. The smallest absolute Gasteiger partial charge is 0.266 e. The van der Waals surface area contributed by atoms with Crippen molar-refractivity contribution in [2.45, 2.75) is 26.7 Å². The van der Waals surface area contributed by atoms with E-state index >= 15 is 0 Å². The van der Waals surface area contributed by atoms with E-state index in [0.717, 1.165) is 0 Å². The molecule has 10 heteroatoms. The van der Waals surface area contributed by atoms with Gasteiger partial charge >= 0.3 is 0 Å². The van der Waals surface area contributed by atoms with Gasteiger partial charge in [-0.25, -0.2) is 0 Å². The molecule has 0 aliphatic heterocycles. The Morgan fingerprint density at radius 1 is 0.875 bits per heavy atom. The van der Waals surface area contributed by atoms with Crippen molar-refractivity contribution in [2.24, 2.45) is 14.1 Å². The van der Waals surface area contributed by atoms with Crippen LogP contribution in [-0.4, -0.2) is 31.4 Å². The molecule has 2 aromatic heterocycles. The topological polar surface area (TPSA) is 93.8 Å². The number of hydrogen-bond acceptors (Lipinski definition) is 4. The predicted molar refractivity (Wildman–Crippen MR) is 90.1 cm³/mol. The average Bonchev–Trinajstić information content (AvgIpc) is 2.99. The number of hydrazine groups is 1. The number of aryl methyl sites for hydroxylation is 4. The van der Waals surface area contributed by atoms with Crippen molar-refractivity contribution >= 4 is 35.0 Å². The van der Waals surface area contributed by atoms with Gasteiger partial charge in [0.05, 0.1) is 21.4 Å². The molecule has 0 radical (unpaired) electrons. The molecule has 0 unspecified atom stereocenters. The van der Waals surface area contributed by atoms with Gasteiger partial charge in [-0.1, -0.05) is 37.0 Å². The van der Waals surface area contributed by atoms with Crippen LogP contribution in [0.4, 0.5) is 0 Å².